The minimum Gasteiger partial charge on any atom is -0.330 e. The maximum absolute atomic E-state index is 10.7. The molecule has 0 saturated carbocycles. The van der Waals surface area contributed by atoms with Crippen LogP contribution in [0.25, 0.3) is 0 Å². The van der Waals surface area contributed by atoms with Gasteiger partial charge in [-0.2, -0.15) is 0 Å². The van der Waals surface area contributed by atoms with Crippen molar-refractivity contribution in [2.24, 2.45) is 5.73 Å². The van der Waals surface area contributed by atoms with Crippen LogP contribution in [-0.4, -0.2) is 31.6 Å². The monoisotopic (exact) mass is 218 g/mol. The highest BCUT2D eigenvalue weighted by Gasteiger charge is 2.61. The molecule has 12 heavy (non-hydrogen) atoms. The first-order valence-electron chi connectivity index (χ1n) is 2.87. The number of rotatable bonds is 4. The molecule has 72 valence electrons. The van der Waals surface area contributed by atoms with Crippen LogP contribution in [0.1, 0.15) is 6.42 Å². The lowest BCUT2D eigenvalue weighted by Crippen LogP contribution is -2.11. The van der Waals surface area contributed by atoms with E-state index in [0.717, 1.165) is 0 Å². The van der Waals surface area contributed by atoms with E-state index in [9.17, 15) is 9.36 Å². The van der Waals surface area contributed by atoms with Crippen LogP contribution in [-0.2, 0) is 9.36 Å². The predicted molar refractivity (Wildman–Crippen MR) is 42.1 cm³/mol. The third kappa shape index (κ3) is 2.57. The smallest absolute Gasteiger partial charge is 0.330 e. The average molecular weight is 218 g/mol. The third-order valence-electron chi connectivity index (χ3n) is 1.06. The van der Waals surface area contributed by atoms with Crippen molar-refractivity contribution in [3.05, 3.63) is 0 Å². The number of carbonyl (C=O) groups is 1. The molecule has 0 aliphatic heterocycles. The highest BCUT2D eigenvalue weighted by Crippen LogP contribution is 2.81. The molecule has 0 aliphatic carbocycles. The summed E-state index contributed by atoms with van der Waals surface area (Å²) in [6, 6.07) is 0. The quantitative estimate of drug-likeness (QED) is 0.372. The Balaban J connectivity index is 4.62. The fourth-order valence-electron chi connectivity index (χ4n) is 0.419. The molecule has 0 aromatic heterocycles. The van der Waals surface area contributed by atoms with Gasteiger partial charge in [-0.25, -0.2) is 19.1 Å². The van der Waals surface area contributed by atoms with Crippen LogP contribution < -0.4 is 5.73 Å². The first-order chi connectivity index (χ1) is 5.23. The van der Waals surface area contributed by atoms with Gasteiger partial charge in [0.2, 0.25) is 0 Å². The predicted octanol–water partition coefficient (Wildman–Crippen LogP) is -1.21. The minimum atomic E-state index is -5.14. The van der Waals surface area contributed by atoms with E-state index in [-0.39, 0.29) is 6.54 Å². The van der Waals surface area contributed by atoms with Gasteiger partial charge >= 0.3 is 20.2 Å². The summed E-state index contributed by atoms with van der Waals surface area (Å²) in [5.41, 5.74) is 3.61. The minimum absolute atomic E-state index is 0.179. The third-order valence-corrected chi connectivity index (χ3v) is 5.52. The summed E-state index contributed by atoms with van der Waals surface area (Å²) in [6.45, 7) is -0.179. The summed E-state index contributed by atoms with van der Waals surface area (Å²) in [5, 5.41) is 0. The number of carbonyl (C=O) groups excluding carboxylic acids is 1. The van der Waals surface area contributed by atoms with Gasteiger partial charge in [0.15, 0.2) is 0 Å². The summed E-state index contributed by atoms with van der Waals surface area (Å²) in [7, 11) is -9.92. The second kappa shape index (κ2) is 3.89. The summed E-state index contributed by atoms with van der Waals surface area (Å²) >= 11 is 0. The van der Waals surface area contributed by atoms with Crippen molar-refractivity contribution in [3.8, 4) is 0 Å². The van der Waals surface area contributed by atoms with E-state index in [0.29, 0.717) is 0 Å². The molecule has 0 fully saturated rings. The highest BCUT2D eigenvalue weighted by molar-refractivity contribution is 8.39. The molecule has 0 spiro atoms. The molecule has 0 rings (SSSR count). The Labute approximate surface area is 68.8 Å². The van der Waals surface area contributed by atoms with Crippen molar-refractivity contribution < 1.29 is 28.9 Å². The van der Waals surface area contributed by atoms with Gasteiger partial charge in [-0.15, -0.1) is 0 Å². The number of hydrogen-bond acceptors (Lipinski definition) is 5. The van der Waals surface area contributed by atoms with Gasteiger partial charge in [0, 0.05) is 6.54 Å². The Morgan fingerprint density at radius 3 is 2.08 bits per heavy atom. The van der Waals surface area contributed by atoms with Crippen LogP contribution in [0.3, 0.4) is 0 Å². The number of hydrogen-bond donors (Lipinski definition) is 5. The molecular weight excluding hydrogens is 208 g/mol. The Bertz CT molecular complexity index is 221. The summed E-state index contributed by atoms with van der Waals surface area (Å²) < 4.78 is 10.4. The summed E-state index contributed by atoms with van der Waals surface area (Å²) in [6.07, 6.45) is -0.452. The maximum atomic E-state index is 10.7. The van der Waals surface area contributed by atoms with Crippen LogP contribution >= 0.6 is 14.7 Å². The van der Waals surface area contributed by atoms with Crippen molar-refractivity contribution in [2.75, 3.05) is 6.54 Å². The van der Waals surface area contributed by atoms with Gasteiger partial charge in [0.25, 0.3) is 0 Å². The van der Waals surface area contributed by atoms with Gasteiger partial charge in [-0.1, -0.05) is 0 Å². The zero-order chi connectivity index (χ0) is 9.99. The van der Waals surface area contributed by atoms with Gasteiger partial charge in [-0.05, 0) is 0 Å². The Kier molecular flexibility index (Phi) is 3.93. The molecule has 0 atom stereocenters. The van der Waals surface area contributed by atoms with Gasteiger partial charge in [0.1, 0.15) is 0 Å². The first kappa shape index (κ1) is 12.1. The lowest BCUT2D eigenvalue weighted by molar-refractivity contribution is -0.112. The highest BCUT2D eigenvalue weighted by atomic mass is 32.1. The van der Waals surface area contributed by atoms with Crippen molar-refractivity contribution in [1.82, 2.24) is 0 Å². The summed E-state index contributed by atoms with van der Waals surface area (Å²) in [4.78, 5) is 44.9. The van der Waals surface area contributed by atoms with Crippen molar-refractivity contribution in [3.63, 3.8) is 0 Å². The van der Waals surface area contributed by atoms with Crippen LogP contribution in [0.2, 0.25) is 0 Å². The van der Waals surface area contributed by atoms with Crippen LogP contribution in [0, 0.1) is 0 Å². The van der Waals surface area contributed by atoms with E-state index in [4.69, 9.17) is 25.3 Å². The van der Waals surface area contributed by atoms with E-state index < -0.39 is 26.6 Å². The number of nitrogens with two attached hydrogens (primary N) is 1. The second-order valence-electron chi connectivity index (χ2n) is 2.01. The van der Waals surface area contributed by atoms with Gasteiger partial charge in [0.05, 0.1) is 6.42 Å². The topological polar surface area (TPSA) is 141 Å². The molecule has 7 nitrogen and oxygen atoms in total. The molecule has 0 aromatic rings. The Morgan fingerprint density at radius 2 is 1.83 bits per heavy atom. The molecule has 0 bridgehead atoms. The average Bonchev–Trinajstić information content (AvgIpc) is 1.85. The molecule has 0 amide bonds. The molecule has 0 aromatic carbocycles. The molecule has 0 heterocycles. The van der Waals surface area contributed by atoms with E-state index in [1.54, 1.807) is 0 Å². The lowest BCUT2D eigenvalue weighted by atomic mass is 10.5. The van der Waals surface area contributed by atoms with Crippen LogP contribution in [0.15, 0.2) is 0 Å². The van der Waals surface area contributed by atoms with Crippen molar-refractivity contribution in [1.29, 1.82) is 0 Å². The fraction of sp³-hybridized carbons (Fsp3) is 0.667. The van der Waals surface area contributed by atoms with Gasteiger partial charge < -0.3 is 5.73 Å². The largest absolute Gasteiger partial charge is 0.532 e. The first-order valence-corrected chi connectivity index (χ1v) is 6.88. The molecule has 0 radical (unpaired) electrons. The van der Waals surface area contributed by atoms with Crippen LogP contribution in [0.4, 0.5) is 0 Å². The van der Waals surface area contributed by atoms with Crippen LogP contribution in [0.5, 0.6) is 0 Å². The lowest BCUT2D eigenvalue weighted by Gasteiger charge is -2.09. The fourth-order valence-corrected chi connectivity index (χ4v) is 2.31. The molecule has 9 heteroatoms. The standard InChI is InChI=1S/C3H9NO6P2/c4-2-1-3(5)11(6,7)12(8,9)10/h6-7H,1-2,4H2,(H-,8,9,10)/p+1. The van der Waals surface area contributed by atoms with E-state index in [1.165, 1.54) is 0 Å². The van der Waals surface area contributed by atoms with E-state index in [1.807, 2.05) is 0 Å². The molecule has 0 aliphatic rings. The zero-order valence-electron chi connectivity index (χ0n) is 5.99. The SMILES string of the molecule is NCCC(=O)[P+](O)(O)P(=O)(O)O. The Morgan fingerprint density at radius 1 is 1.42 bits per heavy atom. The second-order valence-corrected chi connectivity index (χ2v) is 7.91. The summed E-state index contributed by atoms with van der Waals surface area (Å²) in [5.74, 6) is 0. The van der Waals surface area contributed by atoms with Gasteiger partial charge in [-0.3, -0.25) is 9.79 Å². The van der Waals surface area contributed by atoms with E-state index in [2.05, 4.69) is 0 Å². The zero-order valence-corrected chi connectivity index (χ0v) is 7.78. The van der Waals surface area contributed by atoms with Crippen molar-refractivity contribution in [2.45, 2.75) is 6.42 Å². The van der Waals surface area contributed by atoms with E-state index >= 15 is 0 Å². The molecule has 6 N–H and O–H groups in total. The molecule has 0 unspecified atom stereocenters. The Hall–Kier alpha value is 0.130. The maximum Gasteiger partial charge on any atom is 0.532 e. The van der Waals surface area contributed by atoms with Crippen molar-refractivity contribution >= 4 is 20.2 Å². The molecule has 0 saturated heterocycles. The normalized spacial score (nSPS) is 13.1. The molecular formula is C3H10NO6P2+.